The van der Waals surface area contributed by atoms with Crippen LogP contribution in [0.1, 0.15) is 25.0 Å². The molecule has 0 N–H and O–H groups in total. The molecule has 0 fully saturated rings. The number of benzene rings is 2. The maximum atomic E-state index is 12.0. The average Bonchev–Trinajstić information content (AvgIpc) is 2.47. The number of hydrogen-bond donors (Lipinski definition) is 0. The Hall–Kier alpha value is -2.29. The summed E-state index contributed by atoms with van der Waals surface area (Å²) in [5, 5.41) is 0. The number of aryl methyl sites for hydroxylation is 1. The van der Waals surface area contributed by atoms with Crippen molar-refractivity contribution in [2.24, 2.45) is 0 Å². The summed E-state index contributed by atoms with van der Waals surface area (Å²) in [6, 6.07) is 17.0. The molecule has 0 bridgehead atoms. The van der Waals surface area contributed by atoms with Crippen molar-refractivity contribution in [3.63, 3.8) is 0 Å². The fraction of sp³-hybridized carbons (Fsp3) is 0.316. The number of fused-ring (bicyclic) bond motifs is 1. The van der Waals surface area contributed by atoms with E-state index >= 15 is 0 Å². The number of rotatable bonds is 2. The lowest BCUT2D eigenvalue weighted by atomic mass is 10.1. The smallest absolute Gasteiger partial charge is 0.224 e. The Morgan fingerprint density at radius 2 is 1.86 bits per heavy atom. The third-order valence-electron chi connectivity index (χ3n) is 4.20. The van der Waals surface area contributed by atoms with E-state index in [1.54, 1.807) is 6.92 Å². The maximum absolute atomic E-state index is 12.0. The molecule has 1 amide bonds. The van der Waals surface area contributed by atoms with Crippen molar-refractivity contribution >= 4 is 17.3 Å². The Morgan fingerprint density at radius 3 is 2.55 bits per heavy atom. The summed E-state index contributed by atoms with van der Waals surface area (Å²) >= 11 is 0. The van der Waals surface area contributed by atoms with E-state index in [2.05, 4.69) is 49.1 Å². The minimum atomic E-state index is 0.107. The van der Waals surface area contributed by atoms with Crippen LogP contribution in [0.5, 0.6) is 0 Å². The molecule has 1 heterocycles. The lowest BCUT2D eigenvalue weighted by molar-refractivity contribution is -0.117. The van der Waals surface area contributed by atoms with Crippen LogP contribution in [0, 0.1) is 6.92 Å². The van der Waals surface area contributed by atoms with Gasteiger partial charge in [0.15, 0.2) is 0 Å². The van der Waals surface area contributed by atoms with Crippen LogP contribution >= 0.6 is 0 Å². The zero-order valence-corrected chi connectivity index (χ0v) is 13.4. The molecule has 2 aromatic carbocycles. The molecule has 1 aliphatic heterocycles. The van der Waals surface area contributed by atoms with Gasteiger partial charge >= 0.3 is 0 Å². The quantitative estimate of drug-likeness (QED) is 0.842. The molecule has 3 rings (SSSR count). The summed E-state index contributed by atoms with van der Waals surface area (Å²) in [5.41, 5.74) is 4.73. The number of anilines is 2. The minimum Gasteiger partial charge on any atom is -0.363 e. The third-order valence-corrected chi connectivity index (χ3v) is 4.20. The first kappa shape index (κ1) is 14.6. The van der Waals surface area contributed by atoms with Crippen molar-refractivity contribution in [2.75, 3.05) is 16.3 Å². The number of nitrogens with zero attached hydrogens (tertiary/aromatic N) is 2. The predicted molar refractivity (Wildman–Crippen MR) is 91.3 cm³/mol. The number of para-hydroxylation sites is 2. The fourth-order valence-electron chi connectivity index (χ4n) is 3.33. The molecule has 2 aromatic rings. The maximum Gasteiger partial charge on any atom is 0.224 e. The highest BCUT2D eigenvalue weighted by Crippen LogP contribution is 2.36. The Morgan fingerprint density at radius 1 is 1.14 bits per heavy atom. The molecular weight excluding hydrogens is 272 g/mol. The van der Waals surface area contributed by atoms with Gasteiger partial charge in [0.1, 0.15) is 0 Å². The summed E-state index contributed by atoms with van der Waals surface area (Å²) in [6.07, 6.45) is 0. The SMILES string of the molecule is CC(=O)N1c2ccccc2N(Cc2cccc(C)c2)CC1C. The molecule has 0 saturated carbocycles. The van der Waals surface area contributed by atoms with Crippen LogP contribution in [-0.2, 0) is 11.3 Å². The topological polar surface area (TPSA) is 23.6 Å². The van der Waals surface area contributed by atoms with Crippen LogP contribution in [-0.4, -0.2) is 18.5 Å². The van der Waals surface area contributed by atoms with Gasteiger partial charge in [-0.05, 0) is 31.5 Å². The van der Waals surface area contributed by atoms with E-state index in [1.165, 1.54) is 11.1 Å². The van der Waals surface area contributed by atoms with Crippen LogP contribution in [0.2, 0.25) is 0 Å². The van der Waals surface area contributed by atoms with Crippen molar-refractivity contribution in [1.82, 2.24) is 0 Å². The van der Waals surface area contributed by atoms with E-state index in [0.717, 1.165) is 24.5 Å². The first-order valence-corrected chi connectivity index (χ1v) is 7.75. The number of carbonyl (C=O) groups is 1. The van der Waals surface area contributed by atoms with Crippen molar-refractivity contribution in [3.05, 3.63) is 59.7 Å². The molecule has 0 aromatic heterocycles. The van der Waals surface area contributed by atoms with E-state index in [9.17, 15) is 4.79 Å². The first-order chi connectivity index (χ1) is 10.6. The largest absolute Gasteiger partial charge is 0.363 e. The van der Waals surface area contributed by atoms with Crippen molar-refractivity contribution in [1.29, 1.82) is 0 Å². The van der Waals surface area contributed by atoms with E-state index in [1.807, 2.05) is 23.1 Å². The van der Waals surface area contributed by atoms with Gasteiger partial charge in [0.25, 0.3) is 0 Å². The Bertz CT molecular complexity index is 695. The highest BCUT2D eigenvalue weighted by atomic mass is 16.2. The van der Waals surface area contributed by atoms with E-state index < -0.39 is 0 Å². The van der Waals surface area contributed by atoms with Gasteiger partial charge in [-0.15, -0.1) is 0 Å². The second kappa shape index (κ2) is 5.84. The highest BCUT2D eigenvalue weighted by Gasteiger charge is 2.30. The fourth-order valence-corrected chi connectivity index (χ4v) is 3.33. The van der Waals surface area contributed by atoms with Crippen molar-refractivity contribution in [3.8, 4) is 0 Å². The van der Waals surface area contributed by atoms with Crippen LogP contribution in [0.4, 0.5) is 11.4 Å². The van der Waals surface area contributed by atoms with Crippen molar-refractivity contribution in [2.45, 2.75) is 33.4 Å². The summed E-state index contributed by atoms with van der Waals surface area (Å²) in [7, 11) is 0. The summed E-state index contributed by atoms with van der Waals surface area (Å²) < 4.78 is 0. The zero-order chi connectivity index (χ0) is 15.7. The van der Waals surface area contributed by atoms with Gasteiger partial charge in [-0.2, -0.15) is 0 Å². The summed E-state index contributed by atoms with van der Waals surface area (Å²) in [6.45, 7) is 7.59. The van der Waals surface area contributed by atoms with Crippen molar-refractivity contribution < 1.29 is 4.79 Å². The molecule has 22 heavy (non-hydrogen) atoms. The average molecular weight is 294 g/mol. The van der Waals surface area contributed by atoms with E-state index in [4.69, 9.17) is 0 Å². The molecule has 0 spiro atoms. The van der Waals surface area contributed by atoms with Crippen LogP contribution in [0.3, 0.4) is 0 Å². The molecular formula is C19H22N2O. The van der Waals surface area contributed by atoms with Gasteiger partial charge in [0.2, 0.25) is 5.91 Å². The number of amides is 1. The predicted octanol–water partition coefficient (Wildman–Crippen LogP) is 3.76. The normalized spacial score (nSPS) is 17.3. The van der Waals surface area contributed by atoms with Gasteiger partial charge < -0.3 is 9.80 Å². The third kappa shape index (κ3) is 2.71. The number of hydrogen-bond acceptors (Lipinski definition) is 2. The summed E-state index contributed by atoms with van der Waals surface area (Å²) in [5.74, 6) is 0.107. The minimum absolute atomic E-state index is 0.107. The molecule has 1 atom stereocenters. The molecule has 1 unspecified atom stereocenters. The zero-order valence-electron chi connectivity index (χ0n) is 13.4. The second-order valence-corrected chi connectivity index (χ2v) is 6.10. The highest BCUT2D eigenvalue weighted by molar-refractivity contribution is 5.97. The molecule has 0 saturated heterocycles. The lowest BCUT2D eigenvalue weighted by Crippen LogP contribution is -2.49. The molecule has 0 aliphatic carbocycles. The van der Waals surface area contributed by atoms with Crippen LogP contribution in [0.25, 0.3) is 0 Å². The van der Waals surface area contributed by atoms with E-state index in [-0.39, 0.29) is 11.9 Å². The van der Waals surface area contributed by atoms with Gasteiger partial charge in [-0.25, -0.2) is 0 Å². The molecule has 114 valence electrons. The Kier molecular flexibility index (Phi) is 3.88. The summed E-state index contributed by atoms with van der Waals surface area (Å²) in [4.78, 5) is 16.3. The molecule has 1 aliphatic rings. The number of carbonyl (C=O) groups excluding carboxylic acids is 1. The monoisotopic (exact) mass is 294 g/mol. The van der Waals surface area contributed by atoms with Gasteiger partial charge in [0, 0.05) is 20.0 Å². The Balaban J connectivity index is 1.96. The molecule has 3 nitrogen and oxygen atoms in total. The standard InChI is InChI=1S/C19H22N2O/c1-14-7-6-8-17(11-14)13-20-12-15(2)21(16(3)22)19-10-5-4-9-18(19)20/h4-11,15H,12-13H2,1-3H3. The molecule has 3 heteroatoms. The first-order valence-electron chi connectivity index (χ1n) is 7.75. The lowest BCUT2D eigenvalue weighted by Gasteiger charge is -2.42. The van der Waals surface area contributed by atoms with E-state index in [0.29, 0.717) is 0 Å². The Labute approximate surface area is 132 Å². The van der Waals surface area contributed by atoms with Gasteiger partial charge in [-0.3, -0.25) is 4.79 Å². The van der Waals surface area contributed by atoms with Crippen LogP contribution < -0.4 is 9.80 Å². The molecule has 0 radical (unpaired) electrons. The van der Waals surface area contributed by atoms with Crippen LogP contribution in [0.15, 0.2) is 48.5 Å². The van der Waals surface area contributed by atoms with Gasteiger partial charge in [-0.1, -0.05) is 42.0 Å². The van der Waals surface area contributed by atoms with Gasteiger partial charge in [0.05, 0.1) is 17.4 Å². The second-order valence-electron chi connectivity index (χ2n) is 6.10.